The third-order valence-corrected chi connectivity index (χ3v) is 3.16. The molecule has 0 fully saturated rings. The molecule has 1 aliphatic rings. The number of unbranched alkanes of at least 4 members (excludes halogenated alkanes) is 2. The van der Waals surface area contributed by atoms with Crippen LogP contribution in [0.2, 0.25) is 0 Å². The van der Waals surface area contributed by atoms with Crippen molar-refractivity contribution in [3.8, 4) is 0 Å². The van der Waals surface area contributed by atoms with Crippen LogP contribution < -0.4 is 0 Å². The van der Waals surface area contributed by atoms with E-state index in [0.717, 1.165) is 44.5 Å². The molecule has 1 rings (SSSR count). The largest absolute Gasteiger partial charge is 0.372 e. The fourth-order valence-corrected chi connectivity index (χ4v) is 1.94. The number of rotatable bonds is 7. The number of carbonyl (C=O) groups excluding carboxylic acids is 1. The van der Waals surface area contributed by atoms with Crippen LogP contribution in [0.1, 0.15) is 39.5 Å². The van der Waals surface area contributed by atoms with Crippen LogP contribution in [0.3, 0.4) is 0 Å². The van der Waals surface area contributed by atoms with Crippen molar-refractivity contribution in [2.24, 2.45) is 10.2 Å². The van der Waals surface area contributed by atoms with E-state index in [1.807, 2.05) is 0 Å². The van der Waals surface area contributed by atoms with Crippen LogP contribution in [-0.2, 0) is 4.79 Å². The highest BCUT2D eigenvalue weighted by molar-refractivity contribution is 6.33. The Morgan fingerprint density at radius 1 is 1.29 bits per heavy atom. The van der Waals surface area contributed by atoms with Crippen molar-refractivity contribution in [2.45, 2.75) is 44.9 Å². The van der Waals surface area contributed by atoms with Crippen LogP contribution in [0.15, 0.2) is 22.1 Å². The first kappa shape index (κ1) is 14.2. The van der Waals surface area contributed by atoms with Crippen LogP contribution in [0.5, 0.6) is 0 Å². The lowest BCUT2D eigenvalue weighted by Gasteiger charge is -2.29. The van der Waals surface area contributed by atoms with Gasteiger partial charge in [-0.2, -0.15) is 5.11 Å². The Morgan fingerprint density at radius 2 is 1.88 bits per heavy atom. The zero-order valence-corrected chi connectivity index (χ0v) is 11.3. The Bertz CT molecular complexity index is 307. The lowest BCUT2D eigenvalue weighted by atomic mass is 10.2. The molecule has 0 N–H and O–H groups in total. The number of nitrogens with zero attached hydrogens (tertiary/aromatic N) is 3. The van der Waals surface area contributed by atoms with Crippen molar-refractivity contribution in [1.82, 2.24) is 4.90 Å². The topological polar surface area (TPSA) is 45.0 Å². The van der Waals surface area contributed by atoms with Crippen LogP contribution in [0.25, 0.3) is 0 Å². The van der Waals surface area contributed by atoms with Crippen molar-refractivity contribution in [3.05, 3.63) is 11.9 Å². The molecule has 0 radical (unpaired) electrons. The van der Waals surface area contributed by atoms with Gasteiger partial charge < -0.3 is 4.90 Å². The van der Waals surface area contributed by atoms with E-state index in [-0.39, 0.29) is 5.91 Å². The maximum atomic E-state index is 11.4. The average molecular weight is 258 g/mol. The number of amides is 1. The molecule has 0 bridgehead atoms. The quantitative estimate of drug-likeness (QED) is 0.657. The molecule has 5 heteroatoms. The third kappa shape index (κ3) is 4.11. The van der Waals surface area contributed by atoms with Gasteiger partial charge in [-0.25, -0.2) is 0 Å². The van der Waals surface area contributed by atoms with E-state index >= 15 is 0 Å². The molecule has 1 heterocycles. The summed E-state index contributed by atoms with van der Waals surface area (Å²) in [7, 11) is 0. The first-order valence-electron chi connectivity index (χ1n) is 6.24. The summed E-state index contributed by atoms with van der Waals surface area (Å²) in [5.74, 6) is -0.359. The second-order valence-electron chi connectivity index (χ2n) is 4.16. The monoisotopic (exact) mass is 257 g/mol. The Balaban J connectivity index is 2.70. The van der Waals surface area contributed by atoms with E-state index in [0.29, 0.717) is 0 Å². The Morgan fingerprint density at radius 3 is 2.41 bits per heavy atom. The second-order valence-corrected chi connectivity index (χ2v) is 4.60. The molecule has 1 atom stereocenters. The van der Waals surface area contributed by atoms with Crippen LogP contribution in [-0.4, -0.2) is 29.3 Å². The standard InChI is InChI=1S/C12H20ClN3O/c1-3-5-7-16(8-6-4-2)10-9-14-15-12(17)11(10)13/h9,11H,3-8H2,1-2H3. The molecule has 1 aliphatic heterocycles. The minimum Gasteiger partial charge on any atom is -0.372 e. The number of hydrogen-bond donors (Lipinski definition) is 0. The number of halogens is 1. The predicted molar refractivity (Wildman–Crippen MR) is 69.0 cm³/mol. The molecule has 0 saturated carbocycles. The van der Waals surface area contributed by atoms with Gasteiger partial charge in [-0.3, -0.25) is 4.79 Å². The predicted octanol–water partition coefficient (Wildman–Crippen LogP) is 3.33. The van der Waals surface area contributed by atoms with Crippen molar-refractivity contribution in [1.29, 1.82) is 0 Å². The van der Waals surface area contributed by atoms with E-state index in [9.17, 15) is 4.79 Å². The fraction of sp³-hybridized carbons (Fsp3) is 0.750. The summed E-state index contributed by atoms with van der Waals surface area (Å²) in [6, 6.07) is 0. The Labute approximate surface area is 108 Å². The summed E-state index contributed by atoms with van der Waals surface area (Å²) in [6.07, 6.45) is 6.05. The smallest absolute Gasteiger partial charge is 0.288 e. The molecule has 1 unspecified atom stereocenters. The summed E-state index contributed by atoms with van der Waals surface area (Å²) in [6.45, 7) is 6.15. The van der Waals surface area contributed by atoms with Gasteiger partial charge in [0.15, 0.2) is 5.38 Å². The van der Waals surface area contributed by atoms with E-state index in [4.69, 9.17) is 11.6 Å². The van der Waals surface area contributed by atoms with Crippen LogP contribution in [0.4, 0.5) is 0 Å². The molecule has 0 spiro atoms. The van der Waals surface area contributed by atoms with Gasteiger partial charge in [0.05, 0.1) is 11.9 Å². The Kier molecular flexibility index (Phi) is 6.19. The zero-order valence-electron chi connectivity index (χ0n) is 10.5. The summed E-state index contributed by atoms with van der Waals surface area (Å²) in [4.78, 5) is 13.6. The fourth-order valence-electron chi connectivity index (χ4n) is 1.70. The SMILES string of the molecule is CCCCN(CCCC)C1=CN=NC(=O)C1Cl. The number of carbonyl (C=O) groups is 1. The summed E-state index contributed by atoms with van der Waals surface area (Å²) in [5, 5.41) is 6.50. The van der Waals surface area contributed by atoms with Gasteiger partial charge in [0, 0.05) is 13.1 Å². The molecule has 17 heavy (non-hydrogen) atoms. The number of hydrogen-bond acceptors (Lipinski definition) is 3. The van der Waals surface area contributed by atoms with Gasteiger partial charge in [0.25, 0.3) is 5.91 Å². The number of alkyl halides is 1. The molecule has 0 aromatic heterocycles. The van der Waals surface area contributed by atoms with E-state index in [1.54, 1.807) is 6.20 Å². The van der Waals surface area contributed by atoms with Crippen LogP contribution in [0, 0.1) is 0 Å². The lowest BCUT2D eigenvalue weighted by Crippen LogP contribution is -2.33. The van der Waals surface area contributed by atoms with Gasteiger partial charge in [-0.1, -0.05) is 26.7 Å². The molecule has 0 aliphatic carbocycles. The maximum absolute atomic E-state index is 11.4. The van der Waals surface area contributed by atoms with Gasteiger partial charge in [0.1, 0.15) is 0 Å². The minimum absolute atomic E-state index is 0.359. The van der Waals surface area contributed by atoms with Crippen molar-refractivity contribution >= 4 is 17.5 Å². The first-order chi connectivity index (χ1) is 8.20. The van der Waals surface area contributed by atoms with Gasteiger partial charge in [0.2, 0.25) is 0 Å². The summed E-state index contributed by atoms with van der Waals surface area (Å²) < 4.78 is 0. The molecule has 0 aromatic carbocycles. The van der Waals surface area contributed by atoms with E-state index in [1.165, 1.54) is 0 Å². The van der Waals surface area contributed by atoms with E-state index < -0.39 is 5.38 Å². The van der Waals surface area contributed by atoms with E-state index in [2.05, 4.69) is 29.0 Å². The van der Waals surface area contributed by atoms with Crippen molar-refractivity contribution in [2.75, 3.05) is 13.1 Å². The average Bonchev–Trinajstić information content (AvgIpc) is 2.34. The normalized spacial score (nSPS) is 19.4. The maximum Gasteiger partial charge on any atom is 0.288 e. The molecule has 0 saturated heterocycles. The molecular formula is C12H20ClN3O. The number of azo groups is 1. The van der Waals surface area contributed by atoms with Crippen LogP contribution >= 0.6 is 11.6 Å². The molecule has 96 valence electrons. The van der Waals surface area contributed by atoms with Gasteiger partial charge >= 0.3 is 0 Å². The highest BCUT2D eigenvalue weighted by Crippen LogP contribution is 2.21. The highest BCUT2D eigenvalue weighted by atomic mass is 35.5. The molecule has 0 aromatic rings. The minimum atomic E-state index is -0.666. The third-order valence-electron chi connectivity index (χ3n) is 2.75. The summed E-state index contributed by atoms with van der Waals surface area (Å²) in [5.41, 5.74) is 0.800. The summed E-state index contributed by atoms with van der Waals surface area (Å²) >= 11 is 6.07. The van der Waals surface area contributed by atoms with Gasteiger partial charge in [-0.15, -0.1) is 16.7 Å². The zero-order chi connectivity index (χ0) is 12.7. The van der Waals surface area contributed by atoms with Crippen molar-refractivity contribution in [3.63, 3.8) is 0 Å². The molecule has 1 amide bonds. The second kappa shape index (κ2) is 7.43. The Hall–Kier alpha value is -0.900. The molecular weight excluding hydrogens is 238 g/mol. The highest BCUT2D eigenvalue weighted by Gasteiger charge is 2.26. The lowest BCUT2D eigenvalue weighted by molar-refractivity contribution is -0.117. The van der Waals surface area contributed by atoms with Gasteiger partial charge in [-0.05, 0) is 12.8 Å². The molecule has 4 nitrogen and oxygen atoms in total. The van der Waals surface area contributed by atoms with Crippen molar-refractivity contribution < 1.29 is 4.79 Å². The first-order valence-corrected chi connectivity index (χ1v) is 6.68.